The van der Waals surface area contributed by atoms with E-state index in [1.807, 2.05) is 24.3 Å². The van der Waals surface area contributed by atoms with Gasteiger partial charge in [0.15, 0.2) is 5.65 Å². The van der Waals surface area contributed by atoms with E-state index in [0.29, 0.717) is 36.0 Å². The molecule has 0 atom stereocenters. The summed E-state index contributed by atoms with van der Waals surface area (Å²) in [7, 11) is 1.51. The lowest BCUT2D eigenvalue weighted by molar-refractivity contribution is 0.0952. The Labute approximate surface area is 181 Å². The van der Waals surface area contributed by atoms with Gasteiger partial charge in [-0.05, 0) is 36.6 Å². The number of carbonyl (C=O) groups is 2. The molecule has 164 valence electrons. The van der Waals surface area contributed by atoms with Crippen molar-refractivity contribution in [1.82, 2.24) is 25.2 Å². The summed E-state index contributed by atoms with van der Waals surface area (Å²) < 4.78 is 6.69. The molecule has 3 aromatic rings. The molecule has 0 saturated carbocycles. The third kappa shape index (κ3) is 5.94. The number of ether oxygens (including phenoxy) is 1. The Balaban J connectivity index is 1.67. The predicted molar refractivity (Wildman–Crippen MR) is 119 cm³/mol. The zero-order chi connectivity index (χ0) is 22.2. The molecule has 0 aliphatic rings. The lowest BCUT2D eigenvalue weighted by atomic mass is 10.1. The average molecular weight is 425 g/mol. The molecule has 0 unspecified atom stereocenters. The van der Waals surface area contributed by atoms with Gasteiger partial charge >= 0.3 is 6.09 Å². The van der Waals surface area contributed by atoms with E-state index in [2.05, 4.69) is 39.9 Å². The first kappa shape index (κ1) is 22.1. The highest BCUT2D eigenvalue weighted by Crippen LogP contribution is 2.21. The normalized spacial score (nSPS) is 10.8. The van der Waals surface area contributed by atoms with Crippen LogP contribution < -0.4 is 16.0 Å². The smallest absolute Gasteiger partial charge is 0.406 e. The molecule has 1 aromatic carbocycles. The van der Waals surface area contributed by atoms with E-state index >= 15 is 0 Å². The second-order valence-electron chi connectivity index (χ2n) is 7.46. The summed E-state index contributed by atoms with van der Waals surface area (Å²) in [6.45, 7) is 5.57. The average Bonchev–Trinajstić information content (AvgIpc) is 3.19. The van der Waals surface area contributed by atoms with Crippen LogP contribution in [0.1, 0.15) is 30.6 Å². The lowest BCUT2D eigenvalue weighted by Crippen LogP contribution is -2.25. The summed E-state index contributed by atoms with van der Waals surface area (Å²) in [6, 6.07) is 11.1. The van der Waals surface area contributed by atoms with Crippen LogP contribution in [-0.2, 0) is 4.74 Å². The summed E-state index contributed by atoms with van der Waals surface area (Å²) in [6.07, 6.45) is 2.23. The predicted octanol–water partition coefficient (Wildman–Crippen LogP) is 2.94. The largest absolute Gasteiger partial charge is 0.448 e. The van der Waals surface area contributed by atoms with Gasteiger partial charge < -0.3 is 20.7 Å². The number of alkyl carbamates (subject to hydrolysis) is 1. The maximum atomic E-state index is 12.3. The molecule has 3 N–H and O–H groups in total. The van der Waals surface area contributed by atoms with Crippen LogP contribution >= 0.6 is 0 Å². The Morgan fingerprint density at radius 3 is 2.58 bits per heavy atom. The Bertz CT molecular complexity index is 1030. The Morgan fingerprint density at radius 2 is 1.87 bits per heavy atom. The first-order valence-electron chi connectivity index (χ1n) is 10.3. The number of fused-ring (bicyclic) bond motifs is 1. The van der Waals surface area contributed by atoms with E-state index in [-0.39, 0.29) is 12.5 Å². The van der Waals surface area contributed by atoms with Crippen LogP contribution in [0.5, 0.6) is 0 Å². The Morgan fingerprint density at radius 1 is 1.10 bits per heavy atom. The summed E-state index contributed by atoms with van der Waals surface area (Å²) in [5, 5.41) is 13.0. The van der Waals surface area contributed by atoms with Gasteiger partial charge in [-0.3, -0.25) is 4.79 Å². The van der Waals surface area contributed by atoms with Crippen molar-refractivity contribution in [3.05, 3.63) is 48.2 Å². The molecule has 9 nitrogen and oxygen atoms in total. The van der Waals surface area contributed by atoms with E-state index < -0.39 is 6.09 Å². The highest BCUT2D eigenvalue weighted by molar-refractivity contribution is 5.94. The minimum atomic E-state index is -0.473. The van der Waals surface area contributed by atoms with Gasteiger partial charge in [0.05, 0.1) is 18.4 Å². The minimum absolute atomic E-state index is 0.0751. The van der Waals surface area contributed by atoms with Gasteiger partial charge in [-0.1, -0.05) is 26.0 Å². The zero-order valence-corrected chi connectivity index (χ0v) is 18.0. The molecular formula is C22H28N6O3. The van der Waals surface area contributed by atoms with Crippen molar-refractivity contribution < 1.29 is 14.3 Å². The molecular weight excluding hydrogens is 396 g/mol. The van der Waals surface area contributed by atoms with Crippen LogP contribution in [0.3, 0.4) is 0 Å². The molecule has 31 heavy (non-hydrogen) atoms. The van der Waals surface area contributed by atoms with Gasteiger partial charge in [0.25, 0.3) is 5.91 Å². The monoisotopic (exact) mass is 424 g/mol. The van der Waals surface area contributed by atoms with Crippen molar-refractivity contribution in [3.63, 3.8) is 0 Å². The van der Waals surface area contributed by atoms with Crippen molar-refractivity contribution in [2.24, 2.45) is 5.92 Å². The van der Waals surface area contributed by atoms with E-state index in [1.165, 1.54) is 7.05 Å². The summed E-state index contributed by atoms with van der Waals surface area (Å²) in [5.41, 5.74) is 3.04. The zero-order valence-electron chi connectivity index (χ0n) is 18.0. The number of rotatable bonds is 9. The fourth-order valence-electron chi connectivity index (χ4n) is 2.93. The van der Waals surface area contributed by atoms with Crippen LogP contribution in [0.4, 0.5) is 10.6 Å². The molecule has 2 heterocycles. The minimum Gasteiger partial charge on any atom is -0.448 e. The Hall–Kier alpha value is -3.62. The SMILES string of the molecule is CNC(=O)OCCNc1ccc2ncc(-c3ccc(C(=O)NCCC(C)C)cc3)n2n1. The van der Waals surface area contributed by atoms with Gasteiger partial charge in [0.1, 0.15) is 12.4 Å². The summed E-state index contributed by atoms with van der Waals surface area (Å²) in [5.74, 6) is 1.11. The molecule has 0 spiro atoms. The molecule has 2 aromatic heterocycles. The number of imidazole rings is 1. The molecule has 0 aliphatic carbocycles. The van der Waals surface area contributed by atoms with E-state index in [0.717, 1.165) is 17.7 Å². The van der Waals surface area contributed by atoms with Gasteiger partial charge in [-0.15, -0.1) is 5.10 Å². The van der Waals surface area contributed by atoms with Crippen LogP contribution in [0.25, 0.3) is 16.9 Å². The van der Waals surface area contributed by atoms with Gasteiger partial charge in [0.2, 0.25) is 0 Å². The van der Waals surface area contributed by atoms with Crippen LogP contribution in [0, 0.1) is 5.92 Å². The molecule has 0 radical (unpaired) electrons. The van der Waals surface area contributed by atoms with Crippen molar-refractivity contribution in [3.8, 4) is 11.3 Å². The van der Waals surface area contributed by atoms with Crippen molar-refractivity contribution in [2.75, 3.05) is 32.1 Å². The molecule has 2 amide bonds. The van der Waals surface area contributed by atoms with Gasteiger partial charge in [-0.2, -0.15) is 0 Å². The third-order valence-corrected chi connectivity index (χ3v) is 4.66. The van der Waals surface area contributed by atoms with Crippen LogP contribution in [0.2, 0.25) is 0 Å². The maximum Gasteiger partial charge on any atom is 0.406 e. The number of anilines is 1. The topological polar surface area (TPSA) is 110 Å². The fourth-order valence-corrected chi connectivity index (χ4v) is 2.93. The Kier molecular flexibility index (Phi) is 7.42. The molecule has 0 fully saturated rings. The summed E-state index contributed by atoms with van der Waals surface area (Å²) >= 11 is 0. The number of benzene rings is 1. The van der Waals surface area contributed by atoms with Gasteiger partial charge in [0, 0.05) is 24.7 Å². The first-order chi connectivity index (χ1) is 15.0. The standard InChI is InChI=1S/C22H28N6O3/c1-15(2)10-11-25-21(29)17-6-4-16(5-7-17)18-14-26-20-9-8-19(27-28(18)20)24-12-13-31-22(30)23-3/h4-9,14-15H,10-13H2,1-3H3,(H,23,30)(H,24,27)(H,25,29). The highest BCUT2D eigenvalue weighted by atomic mass is 16.5. The number of carbonyl (C=O) groups excluding carboxylic acids is 2. The van der Waals surface area contributed by atoms with Crippen LogP contribution in [0.15, 0.2) is 42.6 Å². The third-order valence-electron chi connectivity index (χ3n) is 4.66. The second-order valence-corrected chi connectivity index (χ2v) is 7.46. The molecule has 0 aliphatic heterocycles. The van der Waals surface area contributed by atoms with E-state index in [4.69, 9.17) is 4.74 Å². The number of hydrogen-bond donors (Lipinski definition) is 3. The molecule has 9 heteroatoms. The second kappa shape index (κ2) is 10.4. The first-order valence-corrected chi connectivity index (χ1v) is 10.3. The van der Waals surface area contributed by atoms with Crippen molar-refractivity contribution in [2.45, 2.75) is 20.3 Å². The van der Waals surface area contributed by atoms with E-state index in [1.54, 1.807) is 22.8 Å². The van der Waals surface area contributed by atoms with Gasteiger partial charge in [-0.25, -0.2) is 14.3 Å². The molecule has 3 rings (SSSR count). The van der Waals surface area contributed by atoms with Crippen molar-refractivity contribution in [1.29, 1.82) is 0 Å². The number of nitrogens with one attached hydrogen (secondary N) is 3. The maximum absolute atomic E-state index is 12.3. The lowest BCUT2D eigenvalue weighted by Gasteiger charge is -2.09. The number of aromatic nitrogens is 3. The number of amides is 2. The molecule has 0 bridgehead atoms. The van der Waals surface area contributed by atoms with Crippen molar-refractivity contribution >= 4 is 23.5 Å². The van der Waals surface area contributed by atoms with E-state index in [9.17, 15) is 9.59 Å². The highest BCUT2D eigenvalue weighted by Gasteiger charge is 2.10. The van der Waals surface area contributed by atoms with Crippen LogP contribution in [-0.4, -0.2) is 53.3 Å². The summed E-state index contributed by atoms with van der Waals surface area (Å²) in [4.78, 5) is 27.8. The fraction of sp³-hybridized carbons (Fsp3) is 0.364. The number of hydrogen-bond acceptors (Lipinski definition) is 6. The molecule has 0 saturated heterocycles. The number of nitrogens with zero attached hydrogens (tertiary/aromatic N) is 3. The quantitative estimate of drug-likeness (QED) is 0.456.